The number of unbranched alkanes of at least 4 members (excludes halogenated alkanes) is 2. The van der Waals surface area contributed by atoms with Gasteiger partial charge in [0.15, 0.2) is 0 Å². The predicted octanol–water partition coefficient (Wildman–Crippen LogP) is 6.93. The lowest BCUT2D eigenvalue weighted by Gasteiger charge is -2.24. The Morgan fingerprint density at radius 1 is 0.711 bits per heavy atom. The van der Waals surface area contributed by atoms with E-state index in [9.17, 15) is 24.0 Å². The Hall–Kier alpha value is -3.93. The summed E-state index contributed by atoms with van der Waals surface area (Å²) in [6.45, 7) is 10.3. The van der Waals surface area contributed by atoms with Crippen molar-refractivity contribution in [2.45, 2.75) is 104 Å². The molecule has 0 spiro atoms. The largest absolute Gasteiger partial charge is 0.460 e. The number of hydrogen-bond donors (Lipinski definition) is 4. The molecule has 0 heterocycles. The number of esters is 1. The molecule has 0 fully saturated rings. The predicted molar refractivity (Wildman–Crippen MR) is 178 cm³/mol. The third kappa shape index (κ3) is 16.1. The lowest BCUT2D eigenvalue weighted by atomic mass is 10.1. The van der Waals surface area contributed by atoms with E-state index in [0.29, 0.717) is 37.1 Å². The van der Waals surface area contributed by atoms with Gasteiger partial charge in [0.2, 0.25) is 17.7 Å². The SMILES string of the molecule is CC(C)(C)OC(=O)CC[C@H](NC(=O)OC(C)(C)C)C(=O)Nc1ccccc1NC(=O)CCCCCC(=O)Nc1cccc(Br)c1. The maximum atomic E-state index is 13.3. The second-order valence-corrected chi connectivity index (χ2v) is 13.4. The van der Waals surface area contributed by atoms with Crippen molar-refractivity contribution in [1.82, 2.24) is 5.32 Å². The minimum atomic E-state index is -1.11. The molecule has 12 heteroatoms. The number of benzene rings is 2. The van der Waals surface area contributed by atoms with Gasteiger partial charge in [-0.05, 0) is 91.1 Å². The van der Waals surface area contributed by atoms with Gasteiger partial charge in [-0.25, -0.2) is 4.79 Å². The summed E-state index contributed by atoms with van der Waals surface area (Å²) in [4.78, 5) is 63.0. The van der Waals surface area contributed by atoms with E-state index in [-0.39, 0.29) is 31.1 Å². The number of ether oxygens (including phenoxy) is 2. The van der Waals surface area contributed by atoms with Gasteiger partial charge in [-0.15, -0.1) is 0 Å². The van der Waals surface area contributed by atoms with Crippen molar-refractivity contribution in [3.8, 4) is 0 Å². The van der Waals surface area contributed by atoms with Gasteiger partial charge in [-0.3, -0.25) is 19.2 Å². The standard InChI is InChI=1S/C33H45BrN4O7/c1-32(2,3)44-29(41)20-19-26(38-31(43)45-33(4,5)6)30(42)37-25-16-11-10-15-24(25)36-28(40)18-9-7-8-17-27(39)35-23-14-12-13-22(34)21-23/h10-16,21,26H,7-9,17-20H2,1-6H3,(H,35,39)(H,36,40)(H,37,42)(H,38,43)/t26-/m0/s1. The molecule has 246 valence electrons. The second kappa shape index (κ2) is 17.5. The Labute approximate surface area is 273 Å². The highest BCUT2D eigenvalue weighted by Crippen LogP contribution is 2.23. The van der Waals surface area contributed by atoms with Gasteiger partial charge >= 0.3 is 12.1 Å². The Balaban J connectivity index is 1.92. The molecule has 45 heavy (non-hydrogen) atoms. The number of para-hydroxylation sites is 2. The van der Waals surface area contributed by atoms with Crippen LogP contribution in [0.25, 0.3) is 0 Å². The summed E-state index contributed by atoms with van der Waals surface area (Å²) < 4.78 is 11.5. The summed E-state index contributed by atoms with van der Waals surface area (Å²) in [5.41, 5.74) is -0.0612. The third-order valence-corrected chi connectivity index (χ3v) is 6.43. The first-order valence-corrected chi connectivity index (χ1v) is 15.8. The van der Waals surface area contributed by atoms with Gasteiger partial charge in [-0.1, -0.05) is 40.5 Å². The summed E-state index contributed by atoms with van der Waals surface area (Å²) in [6.07, 6.45) is 1.52. The molecular formula is C33H45BrN4O7. The van der Waals surface area contributed by atoms with Gasteiger partial charge in [0.05, 0.1) is 11.4 Å². The molecule has 0 aliphatic carbocycles. The fourth-order valence-corrected chi connectivity index (χ4v) is 4.44. The fourth-order valence-electron chi connectivity index (χ4n) is 4.04. The topological polar surface area (TPSA) is 152 Å². The third-order valence-electron chi connectivity index (χ3n) is 5.94. The molecule has 0 aliphatic rings. The fraction of sp³-hybridized carbons (Fsp3) is 0.485. The maximum Gasteiger partial charge on any atom is 0.408 e. The normalized spacial score (nSPS) is 12.0. The van der Waals surface area contributed by atoms with Crippen LogP contribution in [0.3, 0.4) is 0 Å². The molecule has 4 amide bonds. The lowest BCUT2D eigenvalue weighted by molar-refractivity contribution is -0.155. The van der Waals surface area contributed by atoms with E-state index in [1.165, 1.54) is 0 Å². The zero-order chi connectivity index (χ0) is 33.6. The van der Waals surface area contributed by atoms with E-state index >= 15 is 0 Å². The van der Waals surface area contributed by atoms with E-state index in [1.54, 1.807) is 65.8 Å². The summed E-state index contributed by atoms with van der Waals surface area (Å²) in [7, 11) is 0. The van der Waals surface area contributed by atoms with Crippen molar-refractivity contribution in [3.05, 3.63) is 53.0 Å². The number of nitrogens with one attached hydrogen (secondary N) is 4. The summed E-state index contributed by atoms with van der Waals surface area (Å²) in [6, 6.07) is 12.9. The Kier molecular flexibility index (Phi) is 14.5. The quantitative estimate of drug-likeness (QED) is 0.124. The van der Waals surface area contributed by atoms with Crippen LogP contribution < -0.4 is 21.3 Å². The maximum absolute atomic E-state index is 13.3. The van der Waals surface area contributed by atoms with Crippen LogP contribution in [-0.4, -0.2) is 47.0 Å². The summed E-state index contributed by atoms with van der Waals surface area (Å²) in [5, 5.41) is 10.9. The van der Waals surface area contributed by atoms with Crippen LogP contribution in [0.1, 0.15) is 86.5 Å². The zero-order valence-electron chi connectivity index (χ0n) is 26.9. The van der Waals surface area contributed by atoms with Crippen LogP contribution >= 0.6 is 15.9 Å². The Morgan fingerprint density at radius 2 is 1.29 bits per heavy atom. The molecule has 0 aromatic heterocycles. The van der Waals surface area contributed by atoms with E-state index < -0.39 is 35.2 Å². The van der Waals surface area contributed by atoms with Crippen LogP contribution in [0.2, 0.25) is 0 Å². The Morgan fingerprint density at radius 3 is 1.87 bits per heavy atom. The van der Waals surface area contributed by atoms with Gasteiger partial charge < -0.3 is 30.7 Å². The number of anilines is 3. The van der Waals surface area contributed by atoms with Gasteiger partial charge in [-0.2, -0.15) is 0 Å². The minimum Gasteiger partial charge on any atom is -0.460 e. The molecule has 4 N–H and O–H groups in total. The highest BCUT2D eigenvalue weighted by atomic mass is 79.9. The number of hydrogen-bond acceptors (Lipinski definition) is 7. The van der Waals surface area contributed by atoms with E-state index in [0.717, 1.165) is 10.2 Å². The number of carbonyl (C=O) groups is 5. The van der Waals surface area contributed by atoms with Crippen molar-refractivity contribution in [1.29, 1.82) is 0 Å². The van der Waals surface area contributed by atoms with Gasteiger partial charge in [0.25, 0.3) is 0 Å². The smallest absolute Gasteiger partial charge is 0.408 e. The van der Waals surface area contributed by atoms with Crippen LogP contribution in [-0.2, 0) is 28.7 Å². The van der Waals surface area contributed by atoms with Gasteiger partial charge in [0.1, 0.15) is 17.2 Å². The number of rotatable bonds is 14. The van der Waals surface area contributed by atoms with Gasteiger partial charge in [0, 0.05) is 29.4 Å². The summed E-state index contributed by atoms with van der Waals surface area (Å²) in [5.74, 6) is -1.44. The molecular weight excluding hydrogens is 644 g/mol. The molecule has 2 aromatic rings. The number of carbonyl (C=O) groups excluding carboxylic acids is 5. The van der Waals surface area contributed by atoms with Crippen LogP contribution in [0.4, 0.5) is 21.9 Å². The van der Waals surface area contributed by atoms with Crippen LogP contribution in [0, 0.1) is 0 Å². The molecule has 0 radical (unpaired) electrons. The average molecular weight is 690 g/mol. The number of alkyl carbamates (subject to hydrolysis) is 1. The van der Waals surface area contributed by atoms with E-state index in [4.69, 9.17) is 9.47 Å². The highest BCUT2D eigenvalue weighted by molar-refractivity contribution is 9.10. The number of amides is 4. The van der Waals surface area contributed by atoms with Crippen LogP contribution in [0.5, 0.6) is 0 Å². The first-order chi connectivity index (χ1) is 21.0. The zero-order valence-corrected chi connectivity index (χ0v) is 28.5. The lowest BCUT2D eigenvalue weighted by Crippen LogP contribution is -2.46. The Bertz CT molecular complexity index is 1330. The molecule has 0 unspecified atom stereocenters. The van der Waals surface area contributed by atoms with E-state index in [2.05, 4.69) is 37.2 Å². The molecule has 0 saturated heterocycles. The average Bonchev–Trinajstić information content (AvgIpc) is 2.90. The molecule has 2 aromatic carbocycles. The molecule has 0 aliphatic heterocycles. The molecule has 0 bridgehead atoms. The van der Waals surface area contributed by atoms with Crippen molar-refractivity contribution in [2.24, 2.45) is 0 Å². The molecule has 11 nitrogen and oxygen atoms in total. The van der Waals surface area contributed by atoms with Crippen LogP contribution in [0.15, 0.2) is 53.0 Å². The van der Waals surface area contributed by atoms with E-state index in [1.807, 2.05) is 24.3 Å². The first kappa shape index (κ1) is 37.3. The number of halogens is 1. The first-order valence-electron chi connectivity index (χ1n) is 15.0. The molecule has 2 rings (SSSR count). The molecule has 1 atom stereocenters. The highest BCUT2D eigenvalue weighted by Gasteiger charge is 2.27. The second-order valence-electron chi connectivity index (χ2n) is 12.5. The van der Waals surface area contributed by atoms with Crippen molar-refractivity contribution < 1.29 is 33.4 Å². The summed E-state index contributed by atoms with van der Waals surface area (Å²) >= 11 is 3.38. The van der Waals surface area contributed by atoms with Crippen molar-refractivity contribution in [3.63, 3.8) is 0 Å². The minimum absolute atomic E-state index is 0.0323. The monoisotopic (exact) mass is 688 g/mol. The molecule has 0 saturated carbocycles. The van der Waals surface area contributed by atoms with Crippen molar-refractivity contribution >= 4 is 62.8 Å². The van der Waals surface area contributed by atoms with Crippen molar-refractivity contribution in [2.75, 3.05) is 16.0 Å².